The highest BCUT2D eigenvalue weighted by molar-refractivity contribution is 6.43. The maximum atomic E-state index is 13.5. The number of hydrogen-bond donors (Lipinski definition) is 3. The van der Waals surface area contributed by atoms with Gasteiger partial charge in [-0.25, -0.2) is 9.97 Å². The molecule has 3 heterocycles. The fraction of sp³-hybridized carbons (Fsp3) is 0.212. The van der Waals surface area contributed by atoms with Crippen LogP contribution in [0.1, 0.15) is 40.0 Å². The molecule has 5 aromatic rings. The van der Waals surface area contributed by atoms with E-state index in [1.165, 1.54) is 7.11 Å². The summed E-state index contributed by atoms with van der Waals surface area (Å²) < 4.78 is 17.1. The Bertz CT molecular complexity index is 1980. The van der Waals surface area contributed by atoms with Crippen molar-refractivity contribution in [1.29, 1.82) is 0 Å². The number of nitrogens with two attached hydrogens (primary N) is 1. The molecule has 2 aromatic heterocycles. The van der Waals surface area contributed by atoms with Crippen molar-refractivity contribution < 1.29 is 28.6 Å². The Hall–Kier alpha value is -4.64. The first-order chi connectivity index (χ1) is 21.5. The molecule has 4 N–H and O–H groups in total. The van der Waals surface area contributed by atoms with Gasteiger partial charge in [-0.1, -0.05) is 65.7 Å². The third kappa shape index (κ3) is 5.14. The van der Waals surface area contributed by atoms with E-state index in [0.29, 0.717) is 45.2 Å². The van der Waals surface area contributed by atoms with Crippen LogP contribution >= 0.6 is 23.2 Å². The second-order valence-electron chi connectivity index (χ2n) is 11.0. The number of carbonyl (C=O) groups is 2. The van der Waals surface area contributed by atoms with Gasteiger partial charge in [0.15, 0.2) is 17.0 Å². The van der Waals surface area contributed by atoms with Crippen LogP contribution in [0, 0.1) is 6.92 Å². The molecule has 1 aliphatic rings. The molecule has 1 aliphatic heterocycles. The molecule has 230 valence electrons. The van der Waals surface area contributed by atoms with Crippen LogP contribution in [-0.4, -0.2) is 47.2 Å². The Labute approximate surface area is 268 Å². The van der Waals surface area contributed by atoms with E-state index in [4.69, 9.17) is 47.8 Å². The molecule has 0 saturated heterocycles. The minimum absolute atomic E-state index is 0.0418. The first kappa shape index (κ1) is 30.4. The van der Waals surface area contributed by atoms with Crippen LogP contribution in [0.25, 0.3) is 22.4 Å². The Balaban J connectivity index is 1.49. The van der Waals surface area contributed by atoms with Gasteiger partial charge in [-0.3, -0.25) is 9.59 Å². The first-order valence-electron chi connectivity index (χ1n) is 13.9. The maximum absolute atomic E-state index is 13.5. The van der Waals surface area contributed by atoms with Crippen molar-refractivity contribution in [2.24, 2.45) is 5.73 Å². The second-order valence-corrected chi connectivity index (χ2v) is 11.8. The molecular weight excluding hydrogens is 619 g/mol. The van der Waals surface area contributed by atoms with Gasteiger partial charge in [0.25, 0.3) is 5.91 Å². The fourth-order valence-corrected chi connectivity index (χ4v) is 5.82. The van der Waals surface area contributed by atoms with E-state index in [9.17, 15) is 14.7 Å². The third-order valence-electron chi connectivity index (χ3n) is 8.05. The molecule has 0 spiro atoms. The Morgan fingerprint density at radius 3 is 2.58 bits per heavy atom. The number of ether oxygens (including phenoxy) is 2. The van der Waals surface area contributed by atoms with E-state index in [1.54, 1.807) is 80.6 Å². The van der Waals surface area contributed by atoms with Crippen LogP contribution in [-0.2, 0) is 15.8 Å². The number of benzene rings is 3. The van der Waals surface area contributed by atoms with Crippen LogP contribution in [0.5, 0.6) is 11.5 Å². The molecule has 45 heavy (non-hydrogen) atoms. The van der Waals surface area contributed by atoms with E-state index in [0.717, 1.165) is 0 Å². The highest BCUT2D eigenvalue weighted by Crippen LogP contribution is 2.48. The van der Waals surface area contributed by atoms with E-state index in [-0.39, 0.29) is 40.1 Å². The zero-order chi connectivity index (χ0) is 32.1. The number of aliphatic hydroxyl groups is 1. The minimum atomic E-state index is -1.90. The number of pyridine rings is 1. The number of halogens is 2. The molecule has 2 atom stereocenters. The number of aromatic nitrogens is 2. The van der Waals surface area contributed by atoms with Gasteiger partial charge in [0.1, 0.15) is 34.8 Å². The molecule has 12 heteroatoms. The number of primary amides is 1. The van der Waals surface area contributed by atoms with Gasteiger partial charge in [-0.15, -0.1) is 0 Å². The standard InChI is InChI=1S/C33H28Cl2N4O6/c1-17-38-28-23(43-3)12-18(13-24(28)45-17)30(40)37-15-33(42,19-8-5-4-6-9-19)25-14-21-29(44-16-32(21,2)31(36)41)27(39-25)20-10-7-11-22(34)26(20)35/h4-14,42H,15-16H2,1-3H3,(H2,36,41)(H,37,40)/t32-,33+/m0/s1. The van der Waals surface area contributed by atoms with Crippen LogP contribution < -0.4 is 20.5 Å². The van der Waals surface area contributed by atoms with E-state index < -0.39 is 22.8 Å². The highest BCUT2D eigenvalue weighted by atomic mass is 35.5. The molecular formula is C33H28Cl2N4O6. The van der Waals surface area contributed by atoms with Crippen molar-refractivity contribution in [1.82, 2.24) is 15.3 Å². The van der Waals surface area contributed by atoms with Gasteiger partial charge in [0.2, 0.25) is 5.91 Å². The molecule has 0 saturated carbocycles. The largest absolute Gasteiger partial charge is 0.494 e. The van der Waals surface area contributed by atoms with Crippen LogP contribution in [0.2, 0.25) is 10.0 Å². The quantitative estimate of drug-likeness (QED) is 0.205. The van der Waals surface area contributed by atoms with Crippen molar-refractivity contribution in [3.05, 3.63) is 105 Å². The highest BCUT2D eigenvalue weighted by Gasteiger charge is 2.46. The molecule has 0 unspecified atom stereocenters. The number of nitrogens with one attached hydrogen (secondary N) is 1. The molecule has 0 bridgehead atoms. The predicted octanol–water partition coefficient (Wildman–Crippen LogP) is 5.31. The number of methoxy groups -OCH3 is 1. The number of nitrogens with zero attached hydrogens (tertiary/aromatic N) is 2. The zero-order valence-electron chi connectivity index (χ0n) is 24.5. The lowest BCUT2D eigenvalue weighted by Gasteiger charge is -2.30. The van der Waals surface area contributed by atoms with Gasteiger partial charge in [0, 0.05) is 23.6 Å². The summed E-state index contributed by atoms with van der Waals surface area (Å²) in [6.45, 7) is 3.00. The summed E-state index contributed by atoms with van der Waals surface area (Å²) >= 11 is 13.0. The summed E-state index contributed by atoms with van der Waals surface area (Å²) in [5.41, 5.74) is 5.48. The van der Waals surface area contributed by atoms with Crippen molar-refractivity contribution in [3.8, 4) is 22.8 Å². The predicted molar refractivity (Wildman–Crippen MR) is 169 cm³/mol. The van der Waals surface area contributed by atoms with Gasteiger partial charge < -0.3 is 30.0 Å². The Kier molecular flexibility index (Phi) is 7.68. The number of oxazole rings is 1. The van der Waals surface area contributed by atoms with Crippen LogP contribution in [0.4, 0.5) is 0 Å². The monoisotopic (exact) mass is 646 g/mol. The first-order valence-corrected chi connectivity index (χ1v) is 14.7. The molecule has 10 nitrogen and oxygen atoms in total. The number of carbonyl (C=O) groups excluding carboxylic acids is 2. The minimum Gasteiger partial charge on any atom is -0.494 e. The average Bonchev–Trinajstić information content (AvgIpc) is 3.60. The maximum Gasteiger partial charge on any atom is 0.251 e. The summed E-state index contributed by atoms with van der Waals surface area (Å²) in [5.74, 6) is -0.0499. The number of rotatable bonds is 8. The summed E-state index contributed by atoms with van der Waals surface area (Å²) in [7, 11) is 1.47. The SMILES string of the molecule is COc1cc(C(=O)NC[C@@](O)(c2ccccc2)c2cc3c(c(-c4cccc(Cl)c4Cl)n2)OC[C@]3(C)C(N)=O)cc2oc(C)nc12. The lowest BCUT2D eigenvalue weighted by atomic mass is 9.80. The van der Waals surface area contributed by atoms with Crippen molar-refractivity contribution in [2.75, 3.05) is 20.3 Å². The lowest BCUT2D eigenvalue weighted by molar-refractivity contribution is -0.123. The summed E-state index contributed by atoms with van der Waals surface area (Å²) in [4.78, 5) is 35.4. The molecule has 0 radical (unpaired) electrons. The van der Waals surface area contributed by atoms with Crippen molar-refractivity contribution >= 4 is 46.1 Å². The van der Waals surface area contributed by atoms with Crippen molar-refractivity contribution in [3.63, 3.8) is 0 Å². The molecule has 6 rings (SSSR count). The molecule has 0 fully saturated rings. The number of fused-ring (bicyclic) bond motifs is 2. The average molecular weight is 648 g/mol. The van der Waals surface area contributed by atoms with Crippen LogP contribution in [0.3, 0.4) is 0 Å². The van der Waals surface area contributed by atoms with E-state index in [2.05, 4.69) is 10.3 Å². The van der Waals surface area contributed by atoms with Gasteiger partial charge in [0.05, 0.1) is 29.4 Å². The number of hydrogen-bond acceptors (Lipinski definition) is 8. The zero-order valence-corrected chi connectivity index (χ0v) is 26.0. The third-order valence-corrected chi connectivity index (χ3v) is 8.87. The lowest BCUT2D eigenvalue weighted by Crippen LogP contribution is -2.43. The summed E-state index contributed by atoms with van der Waals surface area (Å²) in [6.07, 6.45) is 0. The Morgan fingerprint density at radius 1 is 1.11 bits per heavy atom. The Morgan fingerprint density at radius 2 is 1.87 bits per heavy atom. The van der Waals surface area contributed by atoms with E-state index >= 15 is 0 Å². The summed E-state index contributed by atoms with van der Waals surface area (Å²) in [5, 5.41) is 15.8. The van der Waals surface area contributed by atoms with Gasteiger partial charge >= 0.3 is 0 Å². The van der Waals surface area contributed by atoms with Gasteiger partial charge in [-0.05, 0) is 36.8 Å². The summed E-state index contributed by atoms with van der Waals surface area (Å²) in [6, 6.07) is 18.5. The van der Waals surface area contributed by atoms with Crippen LogP contribution in [0.15, 0.2) is 71.1 Å². The number of amides is 2. The normalized spacial score (nSPS) is 16.9. The smallest absolute Gasteiger partial charge is 0.251 e. The fourth-order valence-electron chi connectivity index (χ4n) is 5.43. The van der Waals surface area contributed by atoms with E-state index in [1.807, 2.05) is 0 Å². The topological polar surface area (TPSA) is 150 Å². The van der Waals surface area contributed by atoms with Gasteiger partial charge in [-0.2, -0.15) is 0 Å². The molecule has 3 aromatic carbocycles. The van der Waals surface area contributed by atoms with Crippen molar-refractivity contribution in [2.45, 2.75) is 24.9 Å². The molecule has 2 amide bonds. The molecule has 0 aliphatic carbocycles. The second kappa shape index (κ2) is 11.4. The number of aryl methyl sites for hydroxylation is 1.